The molecule has 0 aliphatic carbocycles. The summed E-state index contributed by atoms with van der Waals surface area (Å²) in [6.45, 7) is 4.10. The molecule has 0 aromatic heterocycles. The second-order valence-corrected chi connectivity index (χ2v) is 24.6. The van der Waals surface area contributed by atoms with E-state index in [1.807, 2.05) is 0 Å². The first-order valence-corrected chi connectivity index (χ1v) is 13.6. The summed E-state index contributed by atoms with van der Waals surface area (Å²) in [5.74, 6) is 0. The molecule has 0 amide bonds. The van der Waals surface area contributed by atoms with E-state index in [2.05, 4.69) is 13.8 Å². The topological polar surface area (TPSA) is 0 Å². The Morgan fingerprint density at radius 2 is 1.00 bits per heavy atom. The largest absolute Gasteiger partial charge is 0.273 e. The van der Waals surface area contributed by atoms with Crippen LogP contribution in [-0.2, 0) is 0 Å². The van der Waals surface area contributed by atoms with Gasteiger partial charge < -0.3 is 0 Å². The van der Waals surface area contributed by atoms with Crippen molar-refractivity contribution in [2.24, 2.45) is 0 Å². The summed E-state index contributed by atoms with van der Waals surface area (Å²) in [5.41, 5.74) is 0. The van der Waals surface area contributed by atoms with Crippen LogP contribution >= 0.6 is 44.3 Å². The van der Waals surface area contributed by atoms with Crippen molar-refractivity contribution in [3.8, 4) is 0 Å². The van der Waals surface area contributed by atoms with Crippen LogP contribution in [0.15, 0.2) is 0 Å². The van der Waals surface area contributed by atoms with Crippen molar-refractivity contribution in [2.75, 3.05) is 0 Å². The molecular weight excluding hydrogens is 270 g/mol. The van der Waals surface area contributed by atoms with Crippen molar-refractivity contribution >= 4 is 56.7 Å². The SMILES string of the molecule is CCC[Si](Cl)(Cl)[Si](Cl)(Cl)CCC. The molecule has 0 fully saturated rings. The fourth-order valence-corrected chi connectivity index (χ4v) is 12.3. The molecule has 0 aromatic carbocycles. The molecule has 0 nitrogen and oxygen atoms in total. The molecule has 0 radical (unpaired) electrons. The summed E-state index contributed by atoms with van der Waals surface area (Å²) in [6.07, 6.45) is -2.74. The number of hydrogen-bond donors (Lipinski definition) is 0. The van der Waals surface area contributed by atoms with Gasteiger partial charge in [-0.2, -0.15) is 0 Å². The molecule has 0 rings (SSSR count). The maximum absolute atomic E-state index is 6.21. The Morgan fingerprint density at radius 3 is 1.17 bits per heavy atom. The van der Waals surface area contributed by atoms with Crippen LogP contribution in [0.5, 0.6) is 0 Å². The van der Waals surface area contributed by atoms with E-state index >= 15 is 0 Å². The normalized spacial score (nSPS) is 13.5. The molecule has 6 heteroatoms. The molecule has 0 aliphatic rings. The van der Waals surface area contributed by atoms with Crippen molar-refractivity contribution < 1.29 is 0 Å². The molecule has 0 heterocycles. The Morgan fingerprint density at radius 1 is 0.750 bits per heavy atom. The summed E-state index contributed by atoms with van der Waals surface area (Å²) in [4.78, 5) is 0. The van der Waals surface area contributed by atoms with Crippen LogP contribution < -0.4 is 0 Å². The van der Waals surface area contributed by atoms with Crippen molar-refractivity contribution in [2.45, 2.75) is 38.8 Å². The maximum Gasteiger partial charge on any atom is 0.273 e. The quantitative estimate of drug-likeness (QED) is 0.506. The molecule has 0 atom stereocenters. The van der Waals surface area contributed by atoms with E-state index in [4.69, 9.17) is 44.3 Å². The van der Waals surface area contributed by atoms with Crippen LogP contribution in [0, 0.1) is 0 Å². The van der Waals surface area contributed by atoms with Crippen molar-refractivity contribution in [1.82, 2.24) is 0 Å². The molecular formula is C6H14Cl4Si2. The monoisotopic (exact) mass is 282 g/mol. The third-order valence-electron chi connectivity index (χ3n) is 1.66. The average molecular weight is 284 g/mol. The van der Waals surface area contributed by atoms with Gasteiger partial charge in [0.25, 0.3) is 12.4 Å². The van der Waals surface area contributed by atoms with Gasteiger partial charge in [0, 0.05) is 0 Å². The molecule has 0 N–H and O–H groups in total. The summed E-state index contributed by atoms with van der Waals surface area (Å²) < 4.78 is 0. The van der Waals surface area contributed by atoms with Gasteiger partial charge in [0.15, 0.2) is 0 Å². The first kappa shape index (κ1) is 13.6. The highest BCUT2D eigenvalue weighted by molar-refractivity contribution is 7.92. The van der Waals surface area contributed by atoms with Gasteiger partial charge in [-0.05, 0) is 12.1 Å². The van der Waals surface area contributed by atoms with Gasteiger partial charge in [0.05, 0.1) is 0 Å². The van der Waals surface area contributed by atoms with Gasteiger partial charge in [-0.3, -0.25) is 0 Å². The Hall–Kier alpha value is 1.59. The fraction of sp³-hybridized carbons (Fsp3) is 1.00. The van der Waals surface area contributed by atoms with Crippen molar-refractivity contribution in [3.63, 3.8) is 0 Å². The van der Waals surface area contributed by atoms with Gasteiger partial charge in [0.2, 0.25) is 0 Å². The lowest BCUT2D eigenvalue weighted by Gasteiger charge is -2.27. The highest BCUT2D eigenvalue weighted by atomic mass is 35.8. The van der Waals surface area contributed by atoms with E-state index in [0.717, 1.165) is 24.9 Å². The fourth-order valence-electron chi connectivity index (χ4n) is 0.994. The summed E-state index contributed by atoms with van der Waals surface area (Å²) in [5, 5.41) is 0. The van der Waals surface area contributed by atoms with Crippen LogP contribution in [-0.4, -0.2) is 12.4 Å². The van der Waals surface area contributed by atoms with Gasteiger partial charge >= 0.3 is 0 Å². The van der Waals surface area contributed by atoms with E-state index in [1.165, 1.54) is 0 Å². The van der Waals surface area contributed by atoms with E-state index in [1.54, 1.807) is 0 Å². The first-order valence-electron chi connectivity index (χ1n) is 4.13. The summed E-state index contributed by atoms with van der Waals surface area (Å²) >= 11 is 24.8. The zero-order chi connectivity index (χ0) is 9.83. The molecule has 0 saturated heterocycles. The van der Waals surface area contributed by atoms with Gasteiger partial charge in [-0.1, -0.05) is 26.7 Å². The molecule has 0 spiro atoms. The molecule has 0 aromatic rings. The third-order valence-corrected chi connectivity index (χ3v) is 27.1. The zero-order valence-electron chi connectivity index (χ0n) is 7.34. The minimum absolute atomic E-state index is 0.815. The molecule has 0 bridgehead atoms. The van der Waals surface area contributed by atoms with Crippen molar-refractivity contribution in [3.05, 3.63) is 0 Å². The molecule has 74 valence electrons. The highest BCUT2D eigenvalue weighted by Gasteiger charge is 2.51. The minimum Gasteiger partial charge on any atom is -0.147 e. The molecule has 0 saturated carbocycles. The second kappa shape index (κ2) is 5.47. The molecule has 0 aliphatic heterocycles. The highest BCUT2D eigenvalue weighted by Crippen LogP contribution is 2.41. The van der Waals surface area contributed by atoms with E-state index in [9.17, 15) is 0 Å². The average Bonchev–Trinajstić information content (AvgIpc) is 1.86. The Kier molecular flexibility index (Phi) is 6.20. The van der Waals surface area contributed by atoms with Gasteiger partial charge in [-0.15, -0.1) is 44.3 Å². The Labute approximate surface area is 95.1 Å². The minimum atomic E-state index is -2.34. The van der Waals surface area contributed by atoms with E-state index < -0.39 is 12.4 Å². The van der Waals surface area contributed by atoms with Crippen LogP contribution in [0.3, 0.4) is 0 Å². The third kappa shape index (κ3) is 3.76. The van der Waals surface area contributed by atoms with Gasteiger partial charge in [-0.25, -0.2) is 0 Å². The van der Waals surface area contributed by atoms with Crippen LogP contribution in [0.2, 0.25) is 12.1 Å². The van der Waals surface area contributed by atoms with Crippen LogP contribution in [0.1, 0.15) is 26.7 Å². The number of rotatable bonds is 5. The number of hydrogen-bond acceptors (Lipinski definition) is 0. The molecule has 12 heavy (non-hydrogen) atoms. The maximum atomic E-state index is 6.21. The second-order valence-electron chi connectivity index (χ2n) is 2.91. The first-order chi connectivity index (χ1) is 5.37. The lowest BCUT2D eigenvalue weighted by Crippen LogP contribution is -2.46. The summed E-state index contributed by atoms with van der Waals surface area (Å²) in [7, 11) is 0. The van der Waals surface area contributed by atoms with E-state index in [0.29, 0.717) is 0 Å². The van der Waals surface area contributed by atoms with Crippen LogP contribution in [0.25, 0.3) is 0 Å². The van der Waals surface area contributed by atoms with Crippen LogP contribution in [0.4, 0.5) is 0 Å². The van der Waals surface area contributed by atoms with E-state index in [-0.39, 0.29) is 0 Å². The lowest BCUT2D eigenvalue weighted by atomic mass is 10.6. The number of halogens is 4. The predicted molar refractivity (Wildman–Crippen MR) is 65.1 cm³/mol. The summed E-state index contributed by atoms with van der Waals surface area (Å²) in [6, 6.07) is 1.63. The van der Waals surface area contributed by atoms with Gasteiger partial charge in [0.1, 0.15) is 0 Å². The predicted octanol–water partition coefficient (Wildman–Crippen LogP) is 4.72. The van der Waals surface area contributed by atoms with Crippen molar-refractivity contribution in [1.29, 1.82) is 0 Å². The zero-order valence-corrected chi connectivity index (χ0v) is 12.4. The standard InChI is InChI=1S/C6H14Cl4Si2/c1-3-5-11(7,8)12(9,10)6-4-2/h3-6H2,1-2H3. The Bertz CT molecular complexity index is 122. The smallest absolute Gasteiger partial charge is 0.147 e. The molecule has 0 unspecified atom stereocenters. The Balaban J connectivity index is 4.28. The lowest BCUT2D eigenvalue weighted by molar-refractivity contribution is 1.06.